The highest BCUT2D eigenvalue weighted by atomic mass is 16.4. The van der Waals surface area contributed by atoms with Crippen molar-refractivity contribution in [3.63, 3.8) is 0 Å². The van der Waals surface area contributed by atoms with E-state index in [1.807, 2.05) is 0 Å². The minimum absolute atomic E-state index is 0.0625. The van der Waals surface area contributed by atoms with Gasteiger partial charge in [-0.15, -0.1) is 0 Å². The van der Waals surface area contributed by atoms with Crippen LogP contribution in [0.3, 0.4) is 0 Å². The van der Waals surface area contributed by atoms with E-state index in [4.69, 9.17) is 5.11 Å². The summed E-state index contributed by atoms with van der Waals surface area (Å²) < 4.78 is 0. The Morgan fingerprint density at radius 2 is 2.00 bits per heavy atom. The van der Waals surface area contributed by atoms with Crippen molar-refractivity contribution in [3.05, 3.63) is 0 Å². The van der Waals surface area contributed by atoms with Gasteiger partial charge in [0.25, 0.3) is 0 Å². The summed E-state index contributed by atoms with van der Waals surface area (Å²) in [5.74, 6) is -0.216. The molecule has 3 fully saturated rings. The molecule has 0 aromatic rings. The Morgan fingerprint density at radius 1 is 1.42 bits per heavy atom. The number of hydrogen-bond acceptors (Lipinski definition) is 1. The van der Waals surface area contributed by atoms with Crippen LogP contribution in [0.15, 0.2) is 0 Å². The van der Waals surface area contributed by atoms with E-state index >= 15 is 0 Å². The van der Waals surface area contributed by atoms with Crippen molar-refractivity contribution in [1.29, 1.82) is 0 Å². The van der Waals surface area contributed by atoms with Crippen LogP contribution in [-0.2, 0) is 4.79 Å². The molecule has 3 rings (SSSR count). The van der Waals surface area contributed by atoms with Crippen LogP contribution >= 0.6 is 0 Å². The van der Waals surface area contributed by atoms with Crippen molar-refractivity contribution in [3.8, 4) is 0 Å². The summed E-state index contributed by atoms with van der Waals surface area (Å²) in [4.78, 5) is 10.9. The summed E-state index contributed by atoms with van der Waals surface area (Å²) in [6.07, 6.45) is 2.21. The molecule has 0 radical (unpaired) electrons. The minimum atomic E-state index is -0.584. The Morgan fingerprint density at radius 3 is 2.17 bits per heavy atom. The quantitative estimate of drug-likeness (QED) is 0.651. The van der Waals surface area contributed by atoms with Crippen molar-refractivity contribution >= 4 is 5.97 Å². The zero-order valence-electron chi connectivity index (χ0n) is 7.92. The van der Waals surface area contributed by atoms with Gasteiger partial charge >= 0.3 is 5.97 Å². The lowest BCUT2D eigenvalue weighted by atomic mass is 9.45. The zero-order valence-corrected chi connectivity index (χ0v) is 7.92. The third-order valence-corrected chi connectivity index (χ3v) is 4.73. The highest BCUT2D eigenvalue weighted by Gasteiger charge is 2.70. The van der Waals surface area contributed by atoms with Crippen LogP contribution in [-0.4, -0.2) is 11.1 Å². The van der Waals surface area contributed by atoms with Gasteiger partial charge in [0.05, 0.1) is 5.92 Å². The molecule has 0 saturated heterocycles. The van der Waals surface area contributed by atoms with E-state index in [9.17, 15) is 4.79 Å². The maximum atomic E-state index is 10.9. The summed E-state index contributed by atoms with van der Waals surface area (Å²) >= 11 is 0. The van der Waals surface area contributed by atoms with Crippen LogP contribution in [0.4, 0.5) is 0 Å². The van der Waals surface area contributed by atoms with Crippen molar-refractivity contribution < 1.29 is 9.90 Å². The number of carboxylic acid groups (broad SMARTS) is 1. The minimum Gasteiger partial charge on any atom is -0.481 e. The van der Waals surface area contributed by atoms with E-state index < -0.39 is 5.97 Å². The lowest BCUT2D eigenvalue weighted by Gasteiger charge is -2.57. The topological polar surface area (TPSA) is 37.3 Å². The molecular formula is C10H16O2. The van der Waals surface area contributed by atoms with E-state index in [2.05, 4.69) is 20.8 Å². The Balaban J connectivity index is 2.33. The molecule has 0 amide bonds. The maximum absolute atomic E-state index is 10.9. The first-order chi connectivity index (χ1) is 5.41. The van der Waals surface area contributed by atoms with Gasteiger partial charge in [0.1, 0.15) is 0 Å². The van der Waals surface area contributed by atoms with E-state index in [0.717, 1.165) is 12.8 Å². The fourth-order valence-corrected chi connectivity index (χ4v) is 3.49. The summed E-state index contributed by atoms with van der Waals surface area (Å²) in [5, 5.41) is 9.01. The fraction of sp³-hybridized carbons (Fsp3) is 0.900. The molecule has 0 spiro atoms. The number of hydrogen-bond donors (Lipinski definition) is 1. The van der Waals surface area contributed by atoms with Gasteiger partial charge in [0.15, 0.2) is 0 Å². The third-order valence-electron chi connectivity index (χ3n) is 4.73. The molecule has 0 aliphatic heterocycles. The molecule has 3 aliphatic carbocycles. The summed E-state index contributed by atoms with van der Waals surface area (Å²) in [6, 6.07) is 0. The van der Waals surface area contributed by atoms with Gasteiger partial charge in [-0.05, 0) is 29.6 Å². The molecule has 12 heavy (non-hydrogen) atoms. The van der Waals surface area contributed by atoms with Gasteiger partial charge in [-0.2, -0.15) is 0 Å². The molecule has 2 nitrogen and oxygen atoms in total. The number of fused-ring (bicyclic) bond motifs is 1. The van der Waals surface area contributed by atoms with Crippen LogP contribution in [0.1, 0.15) is 33.6 Å². The van der Waals surface area contributed by atoms with Crippen molar-refractivity contribution in [1.82, 2.24) is 0 Å². The first-order valence-corrected chi connectivity index (χ1v) is 4.64. The second-order valence-electron chi connectivity index (χ2n) is 5.10. The molecule has 2 bridgehead atoms. The van der Waals surface area contributed by atoms with Gasteiger partial charge in [-0.1, -0.05) is 20.8 Å². The average molecular weight is 168 g/mol. The molecule has 3 aliphatic rings. The smallest absolute Gasteiger partial charge is 0.307 e. The van der Waals surface area contributed by atoms with Crippen LogP contribution in [0, 0.1) is 22.7 Å². The SMILES string of the molecule is CC1(C)[C@@H]2CC[C@]1(C)[C@H]2C(=O)O. The molecule has 0 aromatic carbocycles. The average Bonchev–Trinajstić information content (AvgIpc) is 2.38. The zero-order chi connectivity index (χ0) is 9.15. The van der Waals surface area contributed by atoms with Gasteiger partial charge in [-0.3, -0.25) is 4.79 Å². The van der Waals surface area contributed by atoms with Crippen molar-refractivity contribution in [2.75, 3.05) is 0 Å². The normalized spacial score (nSPS) is 48.6. The number of aliphatic carboxylic acids is 1. The first-order valence-electron chi connectivity index (χ1n) is 4.64. The fourth-order valence-electron chi connectivity index (χ4n) is 3.49. The molecule has 0 heterocycles. The molecule has 2 heteroatoms. The second kappa shape index (κ2) is 1.86. The first kappa shape index (κ1) is 8.09. The summed E-state index contributed by atoms with van der Waals surface area (Å²) in [5.41, 5.74) is 0.333. The lowest BCUT2D eigenvalue weighted by molar-refractivity contribution is -0.177. The highest BCUT2D eigenvalue weighted by molar-refractivity contribution is 5.74. The van der Waals surface area contributed by atoms with Gasteiger partial charge in [0.2, 0.25) is 0 Å². The molecule has 0 aromatic heterocycles. The van der Waals surface area contributed by atoms with E-state index in [-0.39, 0.29) is 16.7 Å². The Bertz CT molecular complexity index is 244. The molecule has 3 atom stereocenters. The Labute approximate surface area is 73.0 Å². The molecular weight excluding hydrogens is 152 g/mol. The van der Waals surface area contributed by atoms with Gasteiger partial charge in [0, 0.05) is 0 Å². The van der Waals surface area contributed by atoms with Crippen molar-refractivity contribution in [2.45, 2.75) is 33.6 Å². The van der Waals surface area contributed by atoms with E-state index in [1.165, 1.54) is 0 Å². The molecule has 0 unspecified atom stereocenters. The number of rotatable bonds is 1. The monoisotopic (exact) mass is 168 g/mol. The van der Waals surface area contributed by atoms with Crippen LogP contribution in [0.5, 0.6) is 0 Å². The second-order valence-corrected chi connectivity index (χ2v) is 5.10. The standard InChI is InChI=1S/C10H16O2/c1-9(2)6-4-5-10(9,3)7(6)8(11)12/h6-7H,4-5H2,1-3H3,(H,11,12)/t6-,7-,10-/m1/s1. The highest BCUT2D eigenvalue weighted by Crippen LogP contribution is 2.73. The number of carboxylic acids is 1. The summed E-state index contributed by atoms with van der Waals surface area (Å²) in [6.45, 7) is 6.56. The number of carbonyl (C=O) groups is 1. The maximum Gasteiger partial charge on any atom is 0.307 e. The molecule has 1 N–H and O–H groups in total. The molecule has 68 valence electrons. The largest absolute Gasteiger partial charge is 0.481 e. The third kappa shape index (κ3) is 0.572. The van der Waals surface area contributed by atoms with Gasteiger partial charge in [-0.25, -0.2) is 0 Å². The van der Waals surface area contributed by atoms with Gasteiger partial charge < -0.3 is 5.11 Å². The van der Waals surface area contributed by atoms with Crippen LogP contribution in [0.2, 0.25) is 0 Å². The Hall–Kier alpha value is -0.530. The van der Waals surface area contributed by atoms with E-state index in [0.29, 0.717) is 5.92 Å². The van der Waals surface area contributed by atoms with E-state index in [1.54, 1.807) is 0 Å². The lowest BCUT2D eigenvalue weighted by Crippen LogP contribution is -2.57. The predicted molar refractivity (Wildman–Crippen MR) is 45.7 cm³/mol. The van der Waals surface area contributed by atoms with Crippen LogP contribution < -0.4 is 0 Å². The summed E-state index contributed by atoms with van der Waals surface area (Å²) in [7, 11) is 0. The molecule has 3 saturated carbocycles. The predicted octanol–water partition coefficient (Wildman–Crippen LogP) is 2.14. The Kier molecular flexibility index (Phi) is 1.25. The van der Waals surface area contributed by atoms with Crippen molar-refractivity contribution in [2.24, 2.45) is 22.7 Å². The van der Waals surface area contributed by atoms with Crippen LogP contribution in [0.25, 0.3) is 0 Å².